The van der Waals surface area contributed by atoms with Gasteiger partial charge in [0.1, 0.15) is 6.04 Å². The van der Waals surface area contributed by atoms with E-state index in [4.69, 9.17) is 9.47 Å². The molecule has 0 bridgehead atoms. The van der Waals surface area contributed by atoms with E-state index in [0.29, 0.717) is 17.9 Å². The first-order chi connectivity index (χ1) is 13.9. The molecule has 0 aromatic heterocycles. The molecule has 29 heavy (non-hydrogen) atoms. The summed E-state index contributed by atoms with van der Waals surface area (Å²) in [6.45, 7) is 3.27. The van der Waals surface area contributed by atoms with Crippen LogP contribution in [0.4, 0.5) is 8.78 Å². The molecule has 0 aliphatic carbocycles. The topological polar surface area (TPSA) is 76.7 Å². The molecule has 0 heterocycles. The van der Waals surface area contributed by atoms with Crippen molar-refractivity contribution in [2.24, 2.45) is 0 Å². The normalized spacial score (nSPS) is 11.3. The molecule has 154 valence electrons. The van der Waals surface area contributed by atoms with Crippen LogP contribution in [-0.2, 0) is 16.0 Å². The molecule has 8 heteroatoms. The summed E-state index contributed by atoms with van der Waals surface area (Å²) in [5, 5.41) is 4.83. The molecular weight excluding hydrogens is 382 g/mol. The molecule has 2 amide bonds. The average Bonchev–Trinajstić information content (AvgIpc) is 2.72. The third-order valence-electron chi connectivity index (χ3n) is 4.06. The fourth-order valence-corrected chi connectivity index (χ4v) is 2.61. The van der Waals surface area contributed by atoms with Crippen LogP contribution in [0.15, 0.2) is 49.1 Å². The Balaban J connectivity index is 2.09. The summed E-state index contributed by atoms with van der Waals surface area (Å²) in [6.07, 6.45) is 2.40. The molecular formula is C21H22F2N2O4. The highest BCUT2D eigenvalue weighted by Gasteiger charge is 2.23. The van der Waals surface area contributed by atoms with Crippen LogP contribution in [0.1, 0.15) is 17.2 Å². The summed E-state index contributed by atoms with van der Waals surface area (Å²) in [5.74, 6) is -2.59. The largest absolute Gasteiger partial charge is 0.493 e. The van der Waals surface area contributed by atoms with Crippen LogP contribution in [0.2, 0.25) is 0 Å². The summed E-state index contributed by atoms with van der Waals surface area (Å²) in [7, 11) is 2.85. The van der Waals surface area contributed by atoms with Gasteiger partial charge in [0.15, 0.2) is 29.7 Å². The number of amides is 2. The van der Waals surface area contributed by atoms with Crippen molar-refractivity contribution < 1.29 is 27.8 Å². The minimum atomic E-state index is -1.21. The van der Waals surface area contributed by atoms with Gasteiger partial charge >= 0.3 is 0 Å². The molecule has 2 rings (SSSR count). The number of benzene rings is 2. The first-order valence-electron chi connectivity index (χ1n) is 8.76. The van der Waals surface area contributed by atoms with E-state index in [2.05, 4.69) is 17.2 Å². The number of carbonyl (C=O) groups excluding carboxylic acids is 2. The Morgan fingerprint density at radius 3 is 2.52 bits per heavy atom. The highest BCUT2D eigenvalue weighted by atomic mass is 19.2. The third-order valence-corrected chi connectivity index (χ3v) is 4.06. The van der Waals surface area contributed by atoms with Crippen LogP contribution in [0.3, 0.4) is 0 Å². The van der Waals surface area contributed by atoms with E-state index in [1.165, 1.54) is 20.2 Å². The van der Waals surface area contributed by atoms with Gasteiger partial charge in [-0.15, -0.1) is 6.58 Å². The zero-order valence-corrected chi connectivity index (χ0v) is 16.1. The van der Waals surface area contributed by atoms with Gasteiger partial charge in [-0.2, -0.15) is 0 Å². The number of halogens is 2. The molecule has 1 atom stereocenters. The zero-order chi connectivity index (χ0) is 21.4. The van der Waals surface area contributed by atoms with Crippen LogP contribution in [0, 0.1) is 11.6 Å². The average molecular weight is 404 g/mol. The van der Waals surface area contributed by atoms with E-state index in [1.54, 1.807) is 18.2 Å². The summed E-state index contributed by atoms with van der Waals surface area (Å²) in [6, 6.07) is 7.01. The number of carbonyl (C=O) groups is 2. The van der Waals surface area contributed by atoms with Crippen molar-refractivity contribution in [1.82, 2.24) is 10.6 Å². The molecule has 2 aromatic carbocycles. The number of rotatable bonds is 9. The Hall–Kier alpha value is -3.42. The Morgan fingerprint density at radius 2 is 1.90 bits per heavy atom. The Bertz CT molecular complexity index is 902. The lowest BCUT2D eigenvalue weighted by atomic mass is 10.1. The highest BCUT2D eigenvalue weighted by Crippen LogP contribution is 2.28. The van der Waals surface area contributed by atoms with Gasteiger partial charge in [0.25, 0.3) is 5.91 Å². The van der Waals surface area contributed by atoms with E-state index in [1.807, 2.05) is 6.07 Å². The van der Waals surface area contributed by atoms with Gasteiger partial charge in [0.2, 0.25) is 5.91 Å². The van der Waals surface area contributed by atoms with Crippen molar-refractivity contribution in [3.05, 3.63) is 71.8 Å². The molecule has 6 nitrogen and oxygen atoms in total. The van der Waals surface area contributed by atoms with Crippen LogP contribution >= 0.6 is 0 Å². The van der Waals surface area contributed by atoms with Crippen molar-refractivity contribution in [2.45, 2.75) is 12.5 Å². The fraction of sp³-hybridized carbons (Fsp3) is 0.238. The Morgan fingerprint density at radius 1 is 1.14 bits per heavy atom. The minimum absolute atomic E-state index is 0.1000. The summed E-state index contributed by atoms with van der Waals surface area (Å²) >= 11 is 0. The van der Waals surface area contributed by atoms with Gasteiger partial charge in [0.05, 0.1) is 7.11 Å². The van der Waals surface area contributed by atoms with Gasteiger partial charge in [-0.1, -0.05) is 18.2 Å². The van der Waals surface area contributed by atoms with Crippen molar-refractivity contribution in [3.63, 3.8) is 0 Å². The molecule has 0 fully saturated rings. The molecule has 2 aromatic rings. The first-order valence-corrected chi connectivity index (χ1v) is 8.76. The van der Waals surface area contributed by atoms with E-state index in [0.717, 1.165) is 17.7 Å². The molecule has 0 saturated heterocycles. The van der Waals surface area contributed by atoms with Crippen LogP contribution in [0.25, 0.3) is 0 Å². The van der Waals surface area contributed by atoms with Gasteiger partial charge < -0.3 is 20.1 Å². The van der Waals surface area contributed by atoms with Crippen LogP contribution in [0.5, 0.6) is 11.5 Å². The molecule has 0 radical (unpaired) electrons. The number of hydrogen-bond acceptors (Lipinski definition) is 4. The standard InChI is InChI=1S/C21H22F2N2O4/c1-4-5-13-6-9-17(18(10-13)28-3)29-12-19(26)25-20(21(27)24-2)14-7-8-15(22)16(23)11-14/h4,6-11,20H,1,5,12H2,2-3H3,(H,24,27)(H,25,26). The van der Waals surface area contributed by atoms with E-state index in [9.17, 15) is 18.4 Å². The molecule has 0 aliphatic rings. The van der Waals surface area contributed by atoms with Crippen LogP contribution in [-0.4, -0.2) is 32.6 Å². The number of ether oxygens (including phenoxy) is 2. The van der Waals surface area contributed by atoms with Crippen molar-refractivity contribution >= 4 is 11.8 Å². The number of hydrogen-bond donors (Lipinski definition) is 2. The maximum Gasteiger partial charge on any atom is 0.258 e. The van der Waals surface area contributed by atoms with Crippen molar-refractivity contribution in [3.8, 4) is 11.5 Å². The lowest BCUT2D eigenvalue weighted by Gasteiger charge is -2.18. The zero-order valence-electron chi connectivity index (χ0n) is 16.1. The lowest BCUT2D eigenvalue weighted by molar-refractivity contribution is -0.130. The first kappa shape index (κ1) is 21.9. The summed E-state index contributed by atoms with van der Waals surface area (Å²) in [4.78, 5) is 24.4. The maximum absolute atomic E-state index is 13.5. The highest BCUT2D eigenvalue weighted by molar-refractivity contribution is 5.89. The number of nitrogens with one attached hydrogen (secondary N) is 2. The molecule has 2 N–H and O–H groups in total. The van der Waals surface area contributed by atoms with Gasteiger partial charge in [-0.05, 0) is 41.8 Å². The molecule has 0 aliphatic heterocycles. The van der Waals surface area contributed by atoms with Gasteiger partial charge in [-0.3, -0.25) is 9.59 Å². The van der Waals surface area contributed by atoms with E-state index < -0.39 is 36.1 Å². The fourth-order valence-electron chi connectivity index (χ4n) is 2.61. The summed E-state index contributed by atoms with van der Waals surface area (Å²) in [5.41, 5.74) is 1.06. The second kappa shape index (κ2) is 10.2. The van der Waals surface area contributed by atoms with Gasteiger partial charge in [-0.25, -0.2) is 8.78 Å². The van der Waals surface area contributed by atoms with Gasteiger partial charge in [0, 0.05) is 7.05 Å². The predicted molar refractivity (Wildman–Crippen MR) is 104 cm³/mol. The van der Waals surface area contributed by atoms with Crippen molar-refractivity contribution in [2.75, 3.05) is 20.8 Å². The predicted octanol–water partition coefficient (Wildman–Crippen LogP) is 2.68. The second-order valence-corrected chi connectivity index (χ2v) is 6.06. The molecule has 0 saturated carbocycles. The van der Waals surface area contributed by atoms with Crippen LogP contribution < -0.4 is 20.1 Å². The Labute approximate surface area is 167 Å². The SMILES string of the molecule is C=CCc1ccc(OCC(=O)NC(C(=O)NC)c2ccc(F)c(F)c2)c(OC)c1. The summed E-state index contributed by atoms with van der Waals surface area (Å²) < 4.78 is 37.4. The quantitative estimate of drug-likeness (QED) is 0.630. The number of likely N-dealkylation sites (N-methyl/N-ethyl adjacent to an activating group) is 1. The molecule has 1 unspecified atom stereocenters. The Kier molecular flexibility index (Phi) is 7.70. The monoisotopic (exact) mass is 404 g/mol. The maximum atomic E-state index is 13.5. The van der Waals surface area contributed by atoms with Crippen molar-refractivity contribution in [1.29, 1.82) is 0 Å². The minimum Gasteiger partial charge on any atom is -0.493 e. The molecule has 0 spiro atoms. The van der Waals surface area contributed by atoms with E-state index >= 15 is 0 Å². The number of allylic oxidation sites excluding steroid dienone is 1. The number of methoxy groups -OCH3 is 1. The smallest absolute Gasteiger partial charge is 0.258 e. The second-order valence-electron chi connectivity index (χ2n) is 6.06. The lowest BCUT2D eigenvalue weighted by Crippen LogP contribution is -2.41. The van der Waals surface area contributed by atoms with E-state index in [-0.39, 0.29) is 5.56 Å². The third kappa shape index (κ3) is 5.78.